The molecular formula is C19H22N2O3. The fourth-order valence-corrected chi connectivity index (χ4v) is 2.90. The second-order valence-electron chi connectivity index (χ2n) is 5.93. The summed E-state index contributed by atoms with van der Waals surface area (Å²) in [5, 5.41) is 0. The molecule has 5 nitrogen and oxygen atoms in total. The summed E-state index contributed by atoms with van der Waals surface area (Å²) in [5.41, 5.74) is 2.20. The molecule has 3 rings (SSSR count). The van der Waals surface area contributed by atoms with E-state index in [4.69, 9.17) is 9.47 Å². The van der Waals surface area contributed by atoms with Gasteiger partial charge in [-0.3, -0.25) is 9.78 Å². The van der Waals surface area contributed by atoms with Gasteiger partial charge in [-0.05, 0) is 41.8 Å². The van der Waals surface area contributed by atoms with E-state index in [1.807, 2.05) is 41.3 Å². The maximum atomic E-state index is 12.1. The normalized spacial score (nSPS) is 17.3. The van der Waals surface area contributed by atoms with Gasteiger partial charge in [-0.25, -0.2) is 0 Å². The van der Waals surface area contributed by atoms with Crippen molar-refractivity contribution in [3.8, 4) is 5.75 Å². The van der Waals surface area contributed by atoms with Crippen molar-refractivity contribution in [2.24, 2.45) is 0 Å². The summed E-state index contributed by atoms with van der Waals surface area (Å²) in [6.45, 7) is 1.72. The maximum absolute atomic E-state index is 12.1. The van der Waals surface area contributed by atoms with Crippen LogP contribution in [-0.4, -0.2) is 35.5 Å². The quantitative estimate of drug-likeness (QED) is 0.785. The highest BCUT2D eigenvalue weighted by molar-refractivity contribution is 5.78. The average Bonchev–Trinajstić information content (AvgIpc) is 2.97. The fourth-order valence-electron chi connectivity index (χ4n) is 2.90. The first-order valence-corrected chi connectivity index (χ1v) is 8.15. The zero-order valence-electron chi connectivity index (χ0n) is 13.9. The highest BCUT2D eigenvalue weighted by Crippen LogP contribution is 2.22. The number of methoxy groups -OCH3 is 1. The van der Waals surface area contributed by atoms with E-state index in [1.165, 1.54) is 0 Å². The van der Waals surface area contributed by atoms with Gasteiger partial charge in [0.1, 0.15) is 5.75 Å². The van der Waals surface area contributed by atoms with Crippen LogP contribution in [0.2, 0.25) is 0 Å². The van der Waals surface area contributed by atoms with E-state index in [0.717, 1.165) is 23.3 Å². The Morgan fingerprint density at radius 3 is 2.58 bits per heavy atom. The molecule has 1 aliphatic heterocycles. The number of nitrogens with zero attached hydrogens (tertiary/aromatic N) is 2. The van der Waals surface area contributed by atoms with Crippen molar-refractivity contribution < 1.29 is 14.3 Å². The fraction of sp³-hybridized carbons (Fsp3) is 0.368. The number of hydrogen-bond donors (Lipinski definition) is 0. The molecule has 0 N–H and O–H groups in total. The zero-order chi connectivity index (χ0) is 16.8. The number of carbonyl (C=O) groups excluding carboxylic acids is 1. The number of likely N-dealkylation sites (tertiary alicyclic amines) is 1. The Kier molecular flexibility index (Phi) is 5.43. The van der Waals surface area contributed by atoms with Crippen molar-refractivity contribution in [1.82, 2.24) is 9.88 Å². The predicted molar refractivity (Wildman–Crippen MR) is 90.5 cm³/mol. The molecule has 0 aliphatic carbocycles. The monoisotopic (exact) mass is 326 g/mol. The molecule has 126 valence electrons. The maximum Gasteiger partial charge on any atom is 0.223 e. The van der Waals surface area contributed by atoms with E-state index < -0.39 is 0 Å². The van der Waals surface area contributed by atoms with Gasteiger partial charge in [0.15, 0.2) is 0 Å². The van der Waals surface area contributed by atoms with Gasteiger partial charge in [0.25, 0.3) is 0 Å². The minimum absolute atomic E-state index is 0.143. The summed E-state index contributed by atoms with van der Waals surface area (Å²) in [4.78, 5) is 18.1. The first kappa shape index (κ1) is 16.5. The van der Waals surface area contributed by atoms with Crippen molar-refractivity contribution in [3.63, 3.8) is 0 Å². The van der Waals surface area contributed by atoms with Gasteiger partial charge >= 0.3 is 0 Å². The van der Waals surface area contributed by atoms with Crippen LogP contribution in [-0.2, 0) is 22.7 Å². The molecule has 2 aromatic rings. The van der Waals surface area contributed by atoms with Crippen LogP contribution in [0.1, 0.15) is 24.0 Å². The lowest BCUT2D eigenvalue weighted by atomic mass is 10.2. The highest BCUT2D eigenvalue weighted by atomic mass is 16.5. The minimum Gasteiger partial charge on any atom is -0.497 e. The van der Waals surface area contributed by atoms with Crippen LogP contribution < -0.4 is 4.74 Å². The topological polar surface area (TPSA) is 51.7 Å². The Balaban J connectivity index is 1.52. The van der Waals surface area contributed by atoms with Crippen LogP contribution in [0.5, 0.6) is 5.75 Å². The lowest BCUT2D eigenvalue weighted by Gasteiger charge is -2.24. The van der Waals surface area contributed by atoms with Crippen molar-refractivity contribution in [2.75, 3.05) is 13.7 Å². The molecule has 0 bridgehead atoms. The molecule has 1 aliphatic rings. The number of rotatable bonds is 7. The molecule has 0 spiro atoms. The van der Waals surface area contributed by atoms with E-state index in [9.17, 15) is 4.79 Å². The average molecular weight is 326 g/mol. The number of ether oxygens (including phenoxy) is 2. The van der Waals surface area contributed by atoms with Gasteiger partial charge in [0, 0.05) is 25.4 Å². The molecule has 1 fully saturated rings. The first-order valence-electron chi connectivity index (χ1n) is 8.15. The molecule has 0 radical (unpaired) electrons. The molecule has 2 heterocycles. The Morgan fingerprint density at radius 1 is 1.12 bits per heavy atom. The van der Waals surface area contributed by atoms with E-state index >= 15 is 0 Å². The van der Waals surface area contributed by atoms with E-state index in [1.54, 1.807) is 19.5 Å². The molecule has 1 aromatic heterocycles. The van der Waals surface area contributed by atoms with Gasteiger partial charge < -0.3 is 14.4 Å². The number of pyridine rings is 1. The summed E-state index contributed by atoms with van der Waals surface area (Å²) in [7, 11) is 1.65. The van der Waals surface area contributed by atoms with Crippen LogP contribution in [0, 0.1) is 0 Å². The lowest BCUT2D eigenvalue weighted by Crippen LogP contribution is -2.35. The molecule has 0 saturated carbocycles. The van der Waals surface area contributed by atoms with Crippen LogP contribution >= 0.6 is 0 Å². The lowest BCUT2D eigenvalue weighted by molar-refractivity contribution is -0.130. The van der Waals surface area contributed by atoms with Crippen LogP contribution in [0.4, 0.5) is 0 Å². The number of carbonyl (C=O) groups is 1. The Labute approximate surface area is 142 Å². The van der Waals surface area contributed by atoms with Crippen molar-refractivity contribution in [3.05, 3.63) is 59.9 Å². The number of amides is 1. The largest absolute Gasteiger partial charge is 0.497 e. The summed E-state index contributed by atoms with van der Waals surface area (Å²) >= 11 is 0. The van der Waals surface area contributed by atoms with E-state index in [-0.39, 0.29) is 11.9 Å². The summed E-state index contributed by atoms with van der Waals surface area (Å²) in [6.07, 6.45) is 4.96. The molecule has 1 atom stereocenters. The SMILES string of the molecule is COc1ccc(COCC2CCC(=O)N2Cc2ccncc2)cc1. The minimum atomic E-state index is 0.143. The van der Waals surface area contributed by atoms with Crippen LogP contribution in [0.25, 0.3) is 0 Å². The highest BCUT2D eigenvalue weighted by Gasteiger charge is 2.30. The third-order valence-electron chi connectivity index (χ3n) is 4.29. The van der Waals surface area contributed by atoms with E-state index in [2.05, 4.69) is 4.98 Å². The Morgan fingerprint density at radius 2 is 1.88 bits per heavy atom. The molecule has 1 amide bonds. The van der Waals surface area contributed by atoms with Crippen molar-refractivity contribution in [2.45, 2.75) is 32.0 Å². The third kappa shape index (κ3) is 4.11. The van der Waals surface area contributed by atoms with E-state index in [0.29, 0.717) is 26.2 Å². The number of hydrogen-bond acceptors (Lipinski definition) is 4. The van der Waals surface area contributed by atoms with Crippen molar-refractivity contribution >= 4 is 5.91 Å². The Hall–Kier alpha value is -2.40. The van der Waals surface area contributed by atoms with Crippen molar-refractivity contribution in [1.29, 1.82) is 0 Å². The Bertz CT molecular complexity index is 658. The second kappa shape index (κ2) is 7.93. The summed E-state index contributed by atoms with van der Waals surface area (Å²) in [6, 6.07) is 11.9. The van der Waals surface area contributed by atoms with Gasteiger partial charge in [-0.2, -0.15) is 0 Å². The van der Waals surface area contributed by atoms with Gasteiger partial charge in [0.05, 0.1) is 26.4 Å². The first-order chi connectivity index (χ1) is 11.8. The predicted octanol–water partition coefficient (Wildman–Crippen LogP) is 2.80. The molecule has 5 heteroatoms. The zero-order valence-corrected chi connectivity index (χ0v) is 13.9. The molecule has 1 unspecified atom stereocenters. The van der Waals surface area contributed by atoms with Gasteiger partial charge in [-0.1, -0.05) is 12.1 Å². The number of aromatic nitrogens is 1. The molecule has 24 heavy (non-hydrogen) atoms. The summed E-state index contributed by atoms with van der Waals surface area (Å²) in [5.74, 6) is 1.04. The summed E-state index contributed by atoms with van der Waals surface area (Å²) < 4.78 is 11.0. The molecule has 1 aromatic carbocycles. The second-order valence-corrected chi connectivity index (χ2v) is 5.93. The smallest absolute Gasteiger partial charge is 0.223 e. The van der Waals surface area contributed by atoms with Gasteiger partial charge in [-0.15, -0.1) is 0 Å². The molecular weight excluding hydrogens is 304 g/mol. The molecule has 1 saturated heterocycles. The third-order valence-corrected chi connectivity index (χ3v) is 4.29. The van der Waals surface area contributed by atoms with Crippen LogP contribution in [0.3, 0.4) is 0 Å². The standard InChI is InChI=1S/C19H22N2O3/c1-23-18-5-2-16(3-6-18)13-24-14-17-4-7-19(22)21(17)12-15-8-10-20-11-9-15/h2-3,5-6,8-11,17H,4,7,12-14H2,1H3. The van der Waals surface area contributed by atoms with Gasteiger partial charge in [0.2, 0.25) is 5.91 Å². The number of benzene rings is 1. The van der Waals surface area contributed by atoms with Crippen LogP contribution in [0.15, 0.2) is 48.8 Å².